The Hall–Kier alpha value is -3.02. The molecule has 6 nitrogen and oxygen atoms in total. The smallest absolute Gasteiger partial charge is 0.262 e. The van der Waals surface area contributed by atoms with Gasteiger partial charge in [0, 0.05) is 44.5 Å². The molecule has 2 amide bonds. The first-order chi connectivity index (χ1) is 13.4. The third-order valence-corrected chi connectivity index (χ3v) is 5.09. The zero-order chi connectivity index (χ0) is 20.1. The Morgan fingerprint density at radius 1 is 0.964 bits per heavy atom. The summed E-state index contributed by atoms with van der Waals surface area (Å²) in [6, 6.07) is 13.5. The third-order valence-electron chi connectivity index (χ3n) is 5.09. The summed E-state index contributed by atoms with van der Waals surface area (Å²) in [5.41, 5.74) is 4.16. The Morgan fingerprint density at radius 2 is 1.64 bits per heavy atom. The van der Waals surface area contributed by atoms with Gasteiger partial charge >= 0.3 is 0 Å². The summed E-state index contributed by atoms with van der Waals surface area (Å²) in [6.45, 7) is 8.74. The molecule has 1 saturated heterocycles. The van der Waals surface area contributed by atoms with Gasteiger partial charge < -0.3 is 19.9 Å². The monoisotopic (exact) mass is 381 g/mol. The Kier molecular flexibility index (Phi) is 6.19. The summed E-state index contributed by atoms with van der Waals surface area (Å²) >= 11 is 0. The van der Waals surface area contributed by atoms with Gasteiger partial charge in [-0.15, -0.1) is 0 Å². The molecule has 0 aromatic heterocycles. The molecule has 0 atom stereocenters. The van der Waals surface area contributed by atoms with Crippen molar-refractivity contribution >= 4 is 23.2 Å². The molecule has 0 bridgehead atoms. The van der Waals surface area contributed by atoms with E-state index in [9.17, 15) is 9.59 Å². The summed E-state index contributed by atoms with van der Waals surface area (Å²) in [7, 11) is 0. The fourth-order valence-electron chi connectivity index (χ4n) is 3.18. The molecule has 0 aliphatic carbocycles. The fourth-order valence-corrected chi connectivity index (χ4v) is 3.18. The van der Waals surface area contributed by atoms with E-state index in [1.807, 2.05) is 61.2 Å². The standard InChI is InChI=1S/C22H27N3O3/c1-16-4-9-21(14-17(16)2)28-15-22(27)23-19-5-7-20(8-6-19)25-12-10-24(11-13-25)18(3)26/h4-9,14H,10-13,15H2,1-3H3,(H,23,27). The van der Waals surface area contributed by atoms with Gasteiger partial charge in [0.2, 0.25) is 5.91 Å². The summed E-state index contributed by atoms with van der Waals surface area (Å²) in [5, 5.41) is 2.85. The SMILES string of the molecule is CC(=O)N1CCN(c2ccc(NC(=O)COc3ccc(C)c(C)c3)cc2)CC1. The normalized spacial score (nSPS) is 14.0. The number of rotatable bonds is 5. The predicted octanol–water partition coefficient (Wildman–Crippen LogP) is 2.99. The van der Waals surface area contributed by atoms with Gasteiger partial charge in [0.1, 0.15) is 5.75 Å². The van der Waals surface area contributed by atoms with Crippen LogP contribution in [0.5, 0.6) is 5.75 Å². The minimum Gasteiger partial charge on any atom is -0.484 e. The van der Waals surface area contributed by atoms with Crippen molar-refractivity contribution in [1.29, 1.82) is 0 Å². The zero-order valence-corrected chi connectivity index (χ0v) is 16.7. The number of aryl methyl sites for hydroxylation is 2. The second kappa shape index (κ2) is 8.78. The number of amides is 2. The summed E-state index contributed by atoms with van der Waals surface area (Å²) in [6.07, 6.45) is 0. The van der Waals surface area contributed by atoms with Gasteiger partial charge in [0.15, 0.2) is 6.61 Å². The summed E-state index contributed by atoms with van der Waals surface area (Å²) in [4.78, 5) is 27.7. The van der Waals surface area contributed by atoms with E-state index in [1.165, 1.54) is 5.56 Å². The van der Waals surface area contributed by atoms with Crippen molar-refractivity contribution in [3.63, 3.8) is 0 Å². The highest BCUT2D eigenvalue weighted by atomic mass is 16.5. The van der Waals surface area contributed by atoms with E-state index in [-0.39, 0.29) is 18.4 Å². The first-order valence-electron chi connectivity index (χ1n) is 9.53. The highest BCUT2D eigenvalue weighted by Gasteiger charge is 2.18. The molecule has 2 aromatic carbocycles. The minimum atomic E-state index is -0.193. The van der Waals surface area contributed by atoms with E-state index in [4.69, 9.17) is 4.74 Å². The quantitative estimate of drug-likeness (QED) is 0.865. The van der Waals surface area contributed by atoms with Crippen molar-refractivity contribution in [2.75, 3.05) is 43.0 Å². The average Bonchev–Trinajstić information content (AvgIpc) is 2.69. The Morgan fingerprint density at radius 3 is 2.25 bits per heavy atom. The average molecular weight is 381 g/mol. The van der Waals surface area contributed by atoms with Crippen LogP contribution in [0.1, 0.15) is 18.1 Å². The molecule has 6 heteroatoms. The number of carbonyl (C=O) groups excluding carboxylic acids is 2. The Bertz CT molecular complexity index is 841. The van der Waals surface area contributed by atoms with Crippen LogP contribution in [0.15, 0.2) is 42.5 Å². The van der Waals surface area contributed by atoms with Crippen LogP contribution in [-0.2, 0) is 9.59 Å². The van der Waals surface area contributed by atoms with E-state index >= 15 is 0 Å². The number of nitrogens with zero attached hydrogens (tertiary/aromatic N) is 2. The molecule has 1 aliphatic rings. The number of anilines is 2. The van der Waals surface area contributed by atoms with Crippen molar-refractivity contribution in [3.05, 3.63) is 53.6 Å². The maximum absolute atomic E-state index is 12.1. The summed E-state index contributed by atoms with van der Waals surface area (Å²) in [5.74, 6) is 0.625. The first-order valence-corrected chi connectivity index (χ1v) is 9.53. The van der Waals surface area contributed by atoms with E-state index in [2.05, 4.69) is 10.2 Å². The van der Waals surface area contributed by atoms with Gasteiger partial charge in [-0.05, 0) is 61.4 Å². The van der Waals surface area contributed by atoms with Gasteiger partial charge in [0.25, 0.3) is 5.91 Å². The van der Waals surface area contributed by atoms with Crippen molar-refractivity contribution in [1.82, 2.24) is 4.90 Å². The van der Waals surface area contributed by atoms with E-state index in [0.29, 0.717) is 5.75 Å². The van der Waals surface area contributed by atoms with Crippen molar-refractivity contribution < 1.29 is 14.3 Å². The molecule has 1 N–H and O–H groups in total. The predicted molar refractivity (Wildman–Crippen MR) is 111 cm³/mol. The van der Waals surface area contributed by atoms with Gasteiger partial charge in [-0.25, -0.2) is 0 Å². The topological polar surface area (TPSA) is 61.9 Å². The van der Waals surface area contributed by atoms with Gasteiger partial charge in [0.05, 0.1) is 0 Å². The molecule has 1 aliphatic heterocycles. The lowest BCUT2D eigenvalue weighted by Crippen LogP contribution is -2.48. The van der Waals surface area contributed by atoms with Crippen molar-refractivity contribution in [2.24, 2.45) is 0 Å². The molecule has 28 heavy (non-hydrogen) atoms. The molecule has 1 fully saturated rings. The largest absolute Gasteiger partial charge is 0.484 e. The number of nitrogens with one attached hydrogen (secondary N) is 1. The minimum absolute atomic E-state index is 0.0305. The van der Waals surface area contributed by atoms with Crippen molar-refractivity contribution in [2.45, 2.75) is 20.8 Å². The molecule has 0 unspecified atom stereocenters. The maximum atomic E-state index is 12.1. The van der Waals surface area contributed by atoms with Crippen LogP contribution < -0.4 is 15.0 Å². The molecule has 1 heterocycles. The van der Waals surface area contributed by atoms with Crippen LogP contribution in [-0.4, -0.2) is 49.5 Å². The Balaban J connectivity index is 1.49. The number of hydrogen-bond acceptors (Lipinski definition) is 4. The number of carbonyl (C=O) groups is 2. The van der Waals surface area contributed by atoms with Gasteiger partial charge in [-0.1, -0.05) is 6.07 Å². The zero-order valence-electron chi connectivity index (χ0n) is 16.7. The molecule has 148 valence electrons. The maximum Gasteiger partial charge on any atom is 0.262 e. The van der Waals surface area contributed by atoms with E-state index in [0.717, 1.165) is 43.1 Å². The second-order valence-corrected chi connectivity index (χ2v) is 7.12. The molecular formula is C22H27N3O3. The molecule has 0 saturated carbocycles. The highest BCUT2D eigenvalue weighted by molar-refractivity contribution is 5.92. The van der Waals surface area contributed by atoms with Crippen LogP contribution in [0.4, 0.5) is 11.4 Å². The molecule has 3 rings (SSSR count). The van der Waals surface area contributed by atoms with Gasteiger partial charge in [-0.2, -0.15) is 0 Å². The lowest BCUT2D eigenvalue weighted by molar-refractivity contribution is -0.129. The van der Waals surface area contributed by atoms with E-state index in [1.54, 1.807) is 6.92 Å². The fraction of sp³-hybridized carbons (Fsp3) is 0.364. The van der Waals surface area contributed by atoms with Crippen LogP contribution >= 0.6 is 0 Å². The lowest BCUT2D eigenvalue weighted by Gasteiger charge is -2.35. The first kappa shape index (κ1) is 19.7. The third kappa shape index (κ3) is 5.03. The lowest BCUT2D eigenvalue weighted by atomic mass is 10.1. The second-order valence-electron chi connectivity index (χ2n) is 7.12. The van der Waals surface area contributed by atoms with E-state index < -0.39 is 0 Å². The number of piperazine rings is 1. The van der Waals surface area contributed by atoms with Gasteiger partial charge in [-0.3, -0.25) is 9.59 Å². The Labute approximate surface area is 166 Å². The summed E-state index contributed by atoms with van der Waals surface area (Å²) < 4.78 is 5.57. The van der Waals surface area contributed by atoms with Crippen LogP contribution in [0.3, 0.4) is 0 Å². The number of hydrogen-bond donors (Lipinski definition) is 1. The molecular weight excluding hydrogens is 354 g/mol. The van der Waals surface area contributed by atoms with Crippen LogP contribution in [0.2, 0.25) is 0 Å². The highest BCUT2D eigenvalue weighted by Crippen LogP contribution is 2.20. The molecule has 0 radical (unpaired) electrons. The molecule has 0 spiro atoms. The molecule has 2 aromatic rings. The van der Waals surface area contributed by atoms with Crippen LogP contribution in [0.25, 0.3) is 0 Å². The van der Waals surface area contributed by atoms with Crippen LogP contribution in [0, 0.1) is 13.8 Å². The van der Waals surface area contributed by atoms with Crippen molar-refractivity contribution in [3.8, 4) is 5.75 Å². The number of ether oxygens (including phenoxy) is 1. The number of benzene rings is 2.